The van der Waals surface area contributed by atoms with Crippen LogP contribution in [0.4, 0.5) is 0 Å². The lowest BCUT2D eigenvalue weighted by Gasteiger charge is -2.21. The molecule has 0 spiro atoms. The van der Waals surface area contributed by atoms with Crippen molar-refractivity contribution in [2.75, 3.05) is 0 Å². The van der Waals surface area contributed by atoms with E-state index in [1.807, 2.05) is 32.0 Å². The van der Waals surface area contributed by atoms with Crippen LogP contribution < -0.4 is 10.8 Å². The van der Waals surface area contributed by atoms with Crippen molar-refractivity contribution in [1.82, 2.24) is 5.32 Å². The predicted molar refractivity (Wildman–Crippen MR) is 106 cm³/mol. The molecule has 28 heavy (non-hydrogen) atoms. The summed E-state index contributed by atoms with van der Waals surface area (Å²) in [5.74, 6) is -0.976. The van der Waals surface area contributed by atoms with E-state index in [1.165, 1.54) is 0 Å². The molecular formula is C21H22BNO5. The van der Waals surface area contributed by atoms with Crippen molar-refractivity contribution < 1.29 is 24.0 Å². The van der Waals surface area contributed by atoms with Crippen molar-refractivity contribution in [3.05, 3.63) is 71.8 Å². The summed E-state index contributed by atoms with van der Waals surface area (Å²) in [4.78, 5) is 25.3. The molecule has 0 saturated heterocycles. The van der Waals surface area contributed by atoms with Crippen molar-refractivity contribution in [2.24, 2.45) is 5.92 Å². The van der Waals surface area contributed by atoms with Crippen molar-refractivity contribution >= 4 is 30.2 Å². The molecular weight excluding hydrogens is 357 g/mol. The Kier molecular flexibility index (Phi) is 5.97. The summed E-state index contributed by atoms with van der Waals surface area (Å²) in [6.07, 6.45) is 0. The Labute approximate surface area is 164 Å². The minimum atomic E-state index is -1.04. The second kappa shape index (κ2) is 8.41. The molecule has 1 atom stereocenters. The van der Waals surface area contributed by atoms with Gasteiger partial charge in [-0.15, -0.1) is 0 Å². The third-order valence-corrected chi connectivity index (χ3v) is 4.60. The number of esters is 1. The monoisotopic (exact) mass is 379 g/mol. The molecule has 144 valence electrons. The van der Waals surface area contributed by atoms with E-state index >= 15 is 0 Å². The number of amides is 1. The lowest BCUT2D eigenvalue weighted by molar-refractivity contribution is -0.140. The zero-order valence-corrected chi connectivity index (χ0v) is 15.8. The van der Waals surface area contributed by atoms with Crippen LogP contribution in [0.15, 0.2) is 55.1 Å². The van der Waals surface area contributed by atoms with E-state index in [9.17, 15) is 14.6 Å². The minimum Gasteiger partial charge on any atom is -0.425 e. The molecule has 0 saturated carbocycles. The SMILES string of the molecule is C=C(OC(=O)[C@@H](NC(=O)c1ccc2c(c1)B(O)OC2)C(C)C)c1ccccc1. The van der Waals surface area contributed by atoms with Gasteiger partial charge in [0.05, 0.1) is 6.61 Å². The normalized spacial score (nSPS) is 13.8. The highest BCUT2D eigenvalue weighted by Crippen LogP contribution is 2.17. The van der Waals surface area contributed by atoms with E-state index in [0.29, 0.717) is 23.2 Å². The highest BCUT2D eigenvalue weighted by molar-refractivity contribution is 6.61. The van der Waals surface area contributed by atoms with Gasteiger partial charge in [0.1, 0.15) is 11.8 Å². The van der Waals surface area contributed by atoms with E-state index < -0.39 is 25.0 Å². The second-order valence-electron chi connectivity index (χ2n) is 6.98. The zero-order valence-electron chi connectivity index (χ0n) is 15.8. The summed E-state index contributed by atoms with van der Waals surface area (Å²) in [6, 6.07) is 13.2. The van der Waals surface area contributed by atoms with Crippen LogP contribution in [0.3, 0.4) is 0 Å². The van der Waals surface area contributed by atoms with Crippen molar-refractivity contribution in [3.63, 3.8) is 0 Å². The van der Waals surface area contributed by atoms with Gasteiger partial charge in [-0.3, -0.25) is 4.79 Å². The van der Waals surface area contributed by atoms with E-state index in [1.54, 1.807) is 30.3 Å². The first-order valence-electron chi connectivity index (χ1n) is 9.06. The standard InChI is InChI=1S/C21H22BNO5/c1-13(2)19(21(25)28-14(3)15-7-5-4-6-8-15)23-20(24)16-9-10-17-12-27-22(26)18(17)11-16/h4-11,13,19,26H,3,12H2,1-2H3,(H,23,24)/t19-/m0/s1. The van der Waals surface area contributed by atoms with Crippen LogP contribution in [-0.4, -0.2) is 30.1 Å². The summed E-state index contributed by atoms with van der Waals surface area (Å²) >= 11 is 0. The topological polar surface area (TPSA) is 84.9 Å². The average molecular weight is 379 g/mol. The molecule has 0 aliphatic carbocycles. The molecule has 0 radical (unpaired) electrons. The van der Waals surface area contributed by atoms with E-state index in [-0.39, 0.29) is 11.7 Å². The highest BCUT2D eigenvalue weighted by Gasteiger charge is 2.30. The molecule has 1 heterocycles. The molecule has 6 nitrogen and oxygen atoms in total. The van der Waals surface area contributed by atoms with Gasteiger partial charge in [-0.25, -0.2) is 4.79 Å². The van der Waals surface area contributed by atoms with Gasteiger partial charge in [0.2, 0.25) is 0 Å². The largest absolute Gasteiger partial charge is 0.491 e. The molecule has 0 fully saturated rings. The number of carbonyl (C=O) groups is 2. The first kappa shape index (κ1) is 19.9. The Bertz CT molecular complexity index is 897. The van der Waals surface area contributed by atoms with Gasteiger partial charge < -0.3 is 19.7 Å². The fraction of sp³-hybridized carbons (Fsp3) is 0.238. The Balaban J connectivity index is 1.70. The van der Waals surface area contributed by atoms with Gasteiger partial charge in [-0.2, -0.15) is 0 Å². The quantitative estimate of drug-likeness (QED) is 0.455. The minimum absolute atomic E-state index is 0.191. The van der Waals surface area contributed by atoms with Gasteiger partial charge in [0, 0.05) is 11.1 Å². The van der Waals surface area contributed by atoms with Crippen molar-refractivity contribution in [1.29, 1.82) is 0 Å². The summed E-state index contributed by atoms with van der Waals surface area (Å²) in [5.41, 5.74) is 2.43. The molecule has 2 aromatic carbocycles. The van der Waals surface area contributed by atoms with Crippen molar-refractivity contribution in [2.45, 2.75) is 26.5 Å². The number of nitrogens with one attached hydrogen (secondary N) is 1. The Hall–Kier alpha value is -2.90. The fourth-order valence-corrected chi connectivity index (χ4v) is 2.95. The molecule has 0 aromatic heterocycles. The Morgan fingerprint density at radius 3 is 2.57 bits per heavy atom. The maximum Gasteiger partial charge on any atom is 0.491 e. The zero-order chi connectivity index (χ0) is 20.3. The van der Waals surface area contributed by atoms with Crippen molar-refractivity contribution in [3.8, 4) is 0 Å². The van der Waals surface area contributed by atoms with Gasteiger partial charge in [0.15, 0.2) is 0 Å². The molecule has 0 unspecified atom stereocenters. The number of hydrogen-bond acceptors (Lipinski definition) is 5. The summed E-state index contributed by atoms with van der Waals surface area (Å²) in [6.45, 7) is 7.74. The number of carbonyl (C=O) groups excluding carboxylic acids is 2. The maximum absolute atomic E-state index is 12.7. The summed E-state index contributed by atoms with van der Waals surface area (Å²) < 4.78 is 10.5. The summed E-state index contributed by atoms with van der Waals surface area (Å²) in [5, 5.41) is 12.5. The van der Waals surface area contributed by atoms with Crippen LogP contribution in [0.5, 0.6) is 0 Å². The average Bonchev–Trinajstić information content (AvgIpc) is 3.06. The second-order valence-corrected chi connectivity index (χ2v) is 6.98. The maximum atomic E-state index is 12.7. The fourth-order valence-electron chi connectivity index (χ4n) is 2.95. The number of hydrogen-bond donors (Lipinski definition) is 2. The lowest BCUT2D eigenvalue weighted by atomic mass is 9.78. The van der Waals surface area contributed by atoms with Gasteiger partial charge in [0.25, 0.3) is 5.91 Å². The number of fused-ring (bicyclic) bond motifs is 1. The third kappa shape index (κ3) is 4.32. The molecule has 2 N–H and O–H groups in total. The number of rotatable bonds is 6. The van der Waals surface area contributed by atoms with Crippen LogP contribution in [-0.2, 0) is 20.8 Å². The van der Waals surface area contributed by atoms with Crippen LogP contribution >= 0.6 is 0 Å². The number of ether oxygens (including phenoxy) is 1. The van der Waals surface area contributed by atoms with E-state index in [2.05, 4.69) is 11.9 Å². The summed E-state index contributed by atoms with van der Waals surface area (Å²) in [7, 11) is -1.04. The third-order valence-electron chi connectivity index (χ3n) is 4.60. The first-order valence-corrected chi connectivity index (χ1v) is 9.06. The van der Waals surface area contributed by atoms with Crippen LogP contribution in [0.25, 0.3) is 5.76 Å². The molecule has 1 aliphatic heterocycles. The molecule has 3 rings (SSSR count). The van der Waals surface area contributed by atoms with Gasteiger partial charge in [-0.05, 0) is 29.1 Å². The molecule has 1 aliphatic rings. The lowest BCUT2D eigenvalue weighted by Crippen LogP contribution is -2.45. The predicted octanol–water partition coefficient (Wildman–Crippen LogP) is 1.87. The smallest absolute Gasteiger partial charge is 0.425 e. The molecule has 2 aromatic rings. The molecule has 1 amide bonds. The van der Waals surface area contributed by atoms with E-state index in [4.69, 9.17) is 9.39 Å². The first-order chi connectivity index (χ1) is 13.4. The molecule has 0 bridgehead atoms. The number of benzene rings is 2. The van der Waals surface area contributed by atoms with Gasteiger partial charge >= 0.3 is 13.1 Å². The van der Waals surface area contributed by atoms with Crippen LogP contribution in [0.1, 0.15) is 35.3 Å². The Morgan fingerprint density at radius 2 is 1.89 bits per heavy atom. The van der Waals surface area contributed by atoms with Crippen LogP contribution in [0.2, 0.25) is 0 Å². The van der Waals surface area contributed by atoms with E-state index in [0.717, 1.165) is 5.56 Å². The van der Waals surface area contributed by atoms with Crippen LogP contribution in [0, 0.1) is 5.92 Å². The Morgan fingerprint density at radius 1 is 1.18 bits per heavy atom. The van der Waals surface area contributed by atoms with Gasteiger partial charge in [-0.1, -0.05) is 56.8 Å². The highest BCUT2D eigenvalue weighted by atomic mass is 16.5. The molecule has 7 heteroatoms.